The third kappa shape index (κ3) is 7.48. The quantitative estimate of drug-likeness (QED) is 0.428. The second-order valence-corrected chi connectivity index (χ2v) is 6.50. The molecule has 0 aliphatic heterocycles. The summed E-state index contributed by atoms with van der Waals surface area (Å²) >= 11 is 3.39. The van der Waals surface area contributed by atoms with Gasteiger partial charge in [-0.3, -0.25) is 20.4 Å². The van der Waals surface area contributed by atoms with Gasteiger partial charge in [0, 0.05) is 6.42 Å². The van der Waals surface area contributed by atoms with Gasteiger partial charge >= 0.3 is 0 Å². The molecule has 0 atom stereocenters. The van der Waals surface area contributed by atoms with E-state index in [1.165, 1.54) is 0 Å². The number of hydrogen-bond acceptors (Lipinski definition) is 5. The summed E-state index contributed by atoms with van der Waals surface area (Å²) in [5.41, 5.74) is 4.67. The monoisotopic (exact) mass is 450 g/mol. The highest BCUT2D eigenvalue weighted by atomic mass is 79.9. The summed E-state index contributed by atoms with van der Waals surface area (Å²) in [4.78, 5) is 23.6. The molecular formula is C20H23BrN2O5. The van der Waals surface area contributed by atoms with E-state index in [1.54, 1.807) is 18.2 Å². The van der Waals surface area contributed by atoms with Crippen LogP contribution in [0, 0.1) is 0 Å². The molecule has 0 saturated heterocycles. The summed E-state index contributed by atoms with van der Waals surface area (Å²) in [5, 5.41) is 0. The van der Waals surface area contributed by atoms with Gasteiger partial charge in [0.25, 0.3) is 5.91 Å². The largest absolute Gasteiger partial charge is 0.492 e. The van der Waals surface area contributed by atoms with Gasteiger partial charge in [0.15, 0.2) is 18.1 Å². The summed E-state index contributed by atoms with van der Waals surface area (Å²) in [5.74, 6) is 0.977. The molecule has 0 radical (unpaired) electrons. The lowest BCUT2D eigenvalue weighted by Gasteiger charge is -2.12. The van der Waals surface area contributed by atoms with Gasteiger partial charge in [0.1, 0.15) is 5.75 Å². The standard InChI is InChI=1S/C20H23BrN2O5/c1-2-26-17-10-5-6-11-18(17)28-14-20(25)23-22-19(24)12-7-13-27-16-9-4-3-8-15(16)21/h3-6,8-11H,2,7,12-14H2,1H3,(H,22,24)(H,23,25). The van der Waals surface area contributed by atoms with Crippen molar-refractivity contribution in [2.75, 3.05) is 19.8 Å². The van der Waals surface area contributed by atoms with Crippen LogP contribution in [0.3, 0.4) is 0 Å². The number of ether oxygens (including phenoxy) is 3. The van der Waals surface area contributed by atoms with Gasteiger partial charge in [-0.25, -0.2) is 0 Å². The number of rotatable bonds is 10. The van der Waals surface area contributed by atoms with Crippen molar-refractivity contribution in [2.24, 2.45) is 0 Å². The maximum Gasteiger partial charge on any atom is 0.276 e. The number of hydrazine groups is 1. The van der Waals surface area contributed by atoms with E-state index in [-0.39, 0.29) is 18.9 Å². The Morgan fingerprint density at radius 3 is 2.14 bits per heavy atom. The molecule has 8 heteroatoms. The van der Waals surface area contributed by atoms with Crippen LogP contribution in [0.15, 0.2) is 53.0 Å². The molecule has 2 N–H and O–H groups in total. The minimum atomic E-state index is -0.468. The molecule has 0 aliphatic carbocycles. The first kappa shape index (κ1) is 21.6. The SMILES string of the molecule is CCOc1ccccc1OCC(=O)NNC(=O)CCCOc1ccccc1Br. The lowest BCUT2D eigenvalue weighted by Crippen LogP contribution is -2.43. The summed E-state index contributed by atoms with van der Waals surface area (Å²) in [7, 11) is 0. The third-order valence-electron chi connectivity index (χ3n) is 3.49. The molecule has 28 heavy (non-hydrogen) atoms. The molecule has 2 amide bonds. The Hall–Kier alpha value is -2.74. The first-order valence-electron chi connectivity index (χ1n) is 8.89. The number of benzene rings is 2. The van der Waals surface area contributed by atoms with Crippen molar-refractivity contribution >= 4 is 27.7 Å². The summed E-state index contributed by atoms with van der Waals surface area (Å²) < 4.78 is 17.3. The predicted octanol–water partition coefficient (Wildman–Crippen LogP) is 3.23. The normalized spacial score (nSPS) is 10.1. The molecule has 2 rings (SSSR count). The van der Waals surface area contributed by atoms with Gasteiger partial charge in [0.05, 0.1) is 17.7 Å². The van der Waals surface area contributed by atoms with Gasteiger partial charge in [0.2, 0.25) is 5.91 Å². The fourth-order valence-corrected chi connectivity index (χ4v) is 2.60. The second kappa shape index (κ2) is 11.9. The lowest BCUT2D eigenvalue weighted by molar-refractivity contribution is -0.130. The van der Waals surface area contributed by atoms with Crippen LogP contribution in [0.2, 0.25) is 0 Å². The van der Waals surface area contributed by atoms with E-state index in [1.807, 2.05) is 37.3 Å². The number of nitrogens with one attached hydrogen (secondary N) is 2. The zero-order chi connectivity index (χ0) is 20.2. The zero-order valence-electron chi connectivity index (χ0n) is 15.6. The molecule has 0 heterocycles. The number of carbonyl (C=O) groups excluding carboxylic acids is 2. The molecule has 0 unspecified atom stereocenters. The summed E-state index contributed by atoms with van der Waals surface area (Å²) in [6, 6.07) is 14.6. The van der Waals surface area contributed by atoms with Crippen molar-refractivity contribution in [1.82, 2.24) is 10.9 Å². The summed E-state index contributed by atoms with van der Waals surface area (Å²) in [6.07, 6.45) is 0.736. The highest BCUT2D eigenvalue weighted by Crippen LogP contribution is 2.26. The molecule has 0 aliphatic rings. The Labute approximate surface area is 172 Å². The van der Waals surface area contributed by atoms with Gasteiger partial charge in [-0.1, -0.05) is 24.3 Å². The van der Waals surface area contributed by atoms with Crippen LogP contribution in [-0.2, 0) is 9.59 Å². The fourth-order valence-electron chi connectivity index (χ4n) is 2.20. The van der Waals surface area contributed by atoms with Crippen LogP contribution in [0.25, 0.3) is 0 Å². The number of para-hydroxylation sites is 3. The van der Waals surface area contributed by atoms with Crippen molar-refractivity contribution in [3.8, 4) is 17.2 Å². The van der Waals surface area contributed by atoms with E-state index in [4.69, 9.17) is 14.2 Å². The number of amides is 2. The Morgan fingerprint density at radius 1 is 0.857 bits per heavy atom. The Balaban J connectivity index is 1.62. The zero-order valence-corrected chi connectivity index (χ0v) is 17.2. The number of carbonyl (C=O) groups is 2. The van der Waals surface area contributed by atoms with Crippen LogP contribution >= 0.6 is 15.9 Å². The molecule has 0 saturated carbocycles. The van der Waals surface area contributed by atoms with Crippen molar-refractivity contribution in [2.45, 2.75) is 19.8 Å². The molecule has 0 aromatic heterocycles. The molecule has 2 aromatic carbocycles. The van der Waals surface area contributed by atoms with Crippen molar-refractivity contribution in [3.63, 3.8) is 0 Å². The van der Waals surface area contributed by atoms with E-state index >= 15 is 0 Å². The molecule has 2 aromatic rings. The first-order chi connectivity index (χ1) is 13.6. The minimum absolute atomic E-state index is 0.221. The van der Waals surface area contributed by atoms with Gasteiger partial charge < -0.3 is 14.2 Å². The van der Waals surface area contributed by atoms with E-state index < -0.39 is 5.91 Å². The van der Waals surface area contributed by atoms with E-state index in [0.29, 0.717) is 31.1 Å². The topological polar surface area (TPSA) is 85.9 Å². The first-order valence-corrected chi connectivity index (χ1v) is 9.69. The van der Waals surface area contributed by atoms with Crippen LogP contribution in [0.5, 0.6) is 17.2 Å². The molecule has 7 nitrogen and oxygen atoms in total. The highest BCUT2D eigenvalue weighted by Gasteiger charge is 2.09. The Morgan fingerprint density at radius 2 is 1.46 bits per heavy atom. The van der Waals surface area contributed by atoms with Crippen LogP contribution in [0.1, 0.15) is 19.8 Å². The van der Waals surface area contributed by atoms with Crippen LogP contribution in [0.4, 0.5) is 0 Å². The molecule has 150 valence electrons. The number of hydrogen-bond donors (Lipinski definition) is 2. The van der Waals surface area contributed by atoms with Crippen LogP contribution in [-0.4, -0.2) is 31.6 Å². The maximum atomic E-state index is 11.8. The molecular weight excluding hydrogens is 428 g/mol. The van der Waals surface area contributed by atoms with Crippen molar-refractivity contribution < 1.29 is 23.8 Å². The summed E-state index contributed by atoms with van der Waals surface area (Å²) in [6.45, 7) is 2.51. The smallest absolute Gasteiger partial charge is 0.276 e. The fraction of sp³-hybridized carbons (Fsp3) is 0.300. The molecule has 0 fully saturated rings. The maximum absolute atomic E-state index is 11.8. The second-order valence-electron chi connectivity index (χ2n) is 5.65. The lowest BCUT2D eigenvalue weighted by atomic mass is 10.3. The van der Waals surface area contributed by atoms with Crippen molar-refractivity contribution in [3.05, 3.63) is 53.0 Å². The minimum Gasteiger partial charge on any atom is -0.492 e. The average Bonchev–Trinajstić information content (AvgIpc) is 2.70. The van der Waals surface area contributed by atoms with Gasteiger partial charge in [-0.15, -0.1) is 0 Å². The molecule has 0 bridgehead atoms. The number of halogens is 1. The van der Waals surface area contributed by atoms with Gasteiger partial charge in [-0.2, -0.15) is 0 Å². The Kier molecular flexibility index (Phi) is 9.14. The van der Waals surface area contributed by atoms with E-state index in [0.717, 1.165) is 10.2 Å². The van der Waals surface area contributed by atoms with Crippen LogP contribution < -0.4 is 25.1 Å². The van der Waals surface area contributed by atoms with Gasteiger partial charge in [-0.05, 0) is 53.5 Å². The Bertz CT molecular complexity index is 785. The van der Waals surface area contributed by atoms with Crippen molar-refractivity contribution in [1.29, 1.82) is 0 Å². The van der Waals surface area contributed by atoms with E-state index in [2.05, 4.69) is 26.8 Å². The highest BCUT2D eigenvalue weighted by molar-refractivity contribution is 9.10. The predicted molar refractivity (Wildman–Crippen MR) is 108 cm³/mol. The third-order valence-corrected chi connectivity index (χ3v) is 4.15. The average molecular weight is 451 g/mol. The van der Waals surface area contributed by atoms with E-state index in [9.17, 15) is 9.59 Å². The molecule has 0 spiro atoms.